The normalized spacial score (nSPS) is 12.8. The summed E-state index contributed by atoms with van der Waals surface area (Å²) in [7, 11) is 3.27. The zero-order valence-corrected chi connectivity index (χ0v) is 22.0. The number of imide groups is 1. The predicted octanol–water partition coefficient (Wildman–Crippen LogP) is 2.53. The topological polar surface area (TPSA) is 108 Å². The van der Waals surface area contributed by atoms with Crippen molar-refractivity contribution in [1.82, 2.24) is 4.90 Å². The van der Waals surface area contributed by atoms with Gasteiger partial charge in [-0.15, -0.1) is 0 Å². The first-order valence-electron chi connectivity index (χ1n) is 11.2. The van der Waals surface area contributed by atoms with Crippen molar-refractivity contribution in [1.29, 1.82) is 0 Å². The van der Waals surface area contributed by atoms with Gasteiger partial charge in [0.15, 0.2) is 0 Å². The number of rotatable bonds is 20. The molecule has 1 rings (SSSR count). The highest BCUT2D eigenvalue weighted by atomic mass is 127. The maximum Gasteiger partial charge on any atom is 0.253 e. The Morgan fingerprint density at radius 2 is 1.21 bits per heavy atom. The zero-order valence-electron chi connectivity index (χ0n) is 19.9. The Hall–Kier alpha value is -1.21. The van der Waals surface area contributed by atoms with Gasteiger partial charge in [-0.25, -0.2) is 0 Å². The van der Waals surface area contributed by atoms with E-state index in [0.29, 0.717) is 56.1 Å². The quantitative estimate of drug-likeness (QED) is 0.0932. The second-order valence-electron chi connectivity index (χ2n) is 7.25. The Bertz CT molecular complexity index is 579. The molecule has 0 radical (unpaired) electrons. The number of unbranched alkanes of at least 4 members (excludes halogenated alkanes) is 2. The molecule has 10 heteroatoms. The number of halogens is 1. The van der Waals surface area contributed by atoms with Crippen molar-refractivity contribution in [2.75, 3.05) is 64.8 Å². The summed E-state index contributed by atoms with van der Waals surface area (Å²) < 4.78 is 20.8. The highest BCUT2D eigenvalue weighted by Gasteiger charge is 2.23. The second kappa shape index (κ2) is 22.6. The highest BCUT2D eigenvalue weighted by Crippen LogP contribution is 2.06. The molecular formula is C23H38INO8. The van der Waals surface area contributed by atoms with E-state index in [1.807, 2.05) is 0 Å². The van der Waals surface area contributed by atoms with Gasteiger partial charge in [0.2, 0.25) is 0 Å². The van der Waals surface area contributed by atoms with Crippen LogP contribution < -0.4 is 0 Å². The van der Waals surface area contributed by atoms with Gasteiger partial charge in [0.25, 0.3) is 11.8 Å². The Morgan fingerprint density at radius 1 is 0.727 bits per heavy atom. The number of hydrogen-bond donors (Lipinski definition) is 0. The lowest BCUT2D eigenvalue weighted by molar-refractivity contribution is -0.137. The third-order valence-corrected chi connectivity index (χ3v) is 5.37. The van der Waals surface area contributed by atoms with Crippen LogP contribution in [0.5, 0.6) is 0 Å². The minimum Gasteiger partial charge on any atom is -0.382 e. The van der Waals surface area contributed by atoms with Gasteiger partial charge in [-0.05, 0) is 25.7 Å². The van der Waals surface area contributed by atoms with Gasteiger partial charge in [-0.1, -0.05) is 22.6 Å². The van der Waals surface area contributed by atoms with E-state index in [1.165, 1.54) is 12.2 Å². The van der Waals surface area contributed by atoms with Gasteiger partial charge < -0.3 is 18.9 Å². The number of methoxy groups -OCH3 is 2. The first kappa shape index (κ1) is 31.8. The molecule has 1 aliphatic heterocycles. The number of ether oxygens (including phenoxy) is 4. The molecule has 2 amide bonds. The number of ketones is 2. The van der Waals surface area contributed by atoms with Crippen LogP contribution in [0, 0.1) is 0 Å². The van der Waals surface area contributed by atoms with E-state index in [9.17, 15) is 19.2 Å². The number of Topliss-reactive ketones (excluding diaryl/α,β-unsaturated/α-hetero) is 2. The first-order chi connectivity index (χ1) is 16.0. The van der Waals surface area contributed by atoms with E-state index >= 15 is 0 Å². The minimum absolute atomic E-state index is 0.0643. The van der Waals surface area contributed by atoms with Gasteiger partial charge in [0, 0.05) is 65.4 Å². The van der Waals surface area contributed by atoms with Crippen LogP contribution in [-0.2, 0) is 38.1 Å². The number of hydrogen-bond acceptors (Lipinski definition) is 8. The van der Waals surface area contributed by atoms with Gasteiger partial charge in [0.1, 0.15) is 11.6 Å². The Morgan fingerprint density at radius 3 is 1.67 bits per heavy atom. The van der Waals surface area contributed by atoms with E-state index in [2.05, 4.69) is 22.6 Å². The van der Waals surface area contributed by atoms with E-state index in [-0.39, 0.29) is 30.6 Å². The Balaban J connectivity index is 0.000000684. The van der Waals surface area contributed by atoms with Crippen LogP contribution in [-0.4, -0.2) is 93.1 Å². The molecular weight excluding hydrogens is 545 g/mol. The van der Waals surface area contributed by atoms with Crippen LogP contribution in [0.1, 0.15) is 44.9 Å². The third-order valence-electron chi connectivity index (χ3n) is 4.52. The zero-order chi connectivity index (χ0) is 24.7. The predicted molar refractivity (Wildman–Crippen MR) is 132 cm³/mol. The smallest absolute Gasteiger partial charge is 0.253 e. The van der Waals surface area contributed by atoms with Crippen LogP contribution >= 0.6 is 22.6 Å². The Kier molecular flexibility index (Phi) is 21.7. The molecule has 9 nitrogen and oxygen atoms in total. The number of nitrogens with zero attached hydrogens (tertiary/aromatic N) is 1. The van der Waals surface area contributed by atoms with Gasteiger partial charge >= 0.3 is 0 Å². The molecule has 0 fully saturated rings. The van der Waals surface area contributed by atoms with Crippen LogP contribution in [0.3, 0.4) is 0 Å². The van der Waals surface area contributed by atoms with Crippen LogP contribution in [0.15, 0.2) is 12.2 Å². The lowest BCUT2D eigenvalue weighted by Crippen LogP contribution is -2.32. The van der Waals surface area contributed by atoms with Crippen LogP contribution in [0.4, 0.5) is 0 Å². The van der Waals surface area contributed by atoms with E-state index in [1.54, 1.807) is 14.2 Å². The first-order valence-corrected chi connectivity index (χ1v) is 12.7. The molecule has 0 saturated carbocycles. The standard InChI is InChI=1S/C14H21NO5.C9H17IO3/c1-19-10-11-20-9-3-2-4-12(16)7-8-15-13(17)5-6-14(15)18;1-12-6-7-13-5-3-2-4-9(11)8-10/h5-6H,2-4,7-11H2,1H3;2-8H2,1H3. The molecule has 190 valence electrons. The van der Waals surface area contributed by atoms with E-state index in [4.69, 9.17) is 18.9 Å². The van der Waals surface area contributed by atoms with Crippen LogP contribution in [0.25, 0.3) is 0 Å². The highest BCUT2D eigenvalue weighted by molar-refractivity contribution is 14.1. The molecule has 0 aromatic carbocycles. The van der Waals surface area contributed by atoms with Crippen molar-refractivity contribution in [2.45, 2.75) is 44.9 Å². The fourth-order valence-corrected chi connectivity index (χ4v) is 3.00. The van der Waals surface area contributed by atoms with Crippen molar-refractivity contribution in [2.24, 2.45) is 0 Å². The van der Waals surface area contributed by atoms with Crippen LogP contribution in [0.2, 0.25) is 0 Å². The maximum absolute atomic E-state index is 11.6. The molecule has 0 saturated heterocycles. The summed E-state index contributed by atoms with van der Waals surface area (Å²) in [6.07, 6.45) is 7.30. The van der Waals surface area contributed by atoms with Gasteiger partial charge in [-0.2, -0.15) is 0 Å². The molecule has 0 aromatic heterocycles. The molecule has 0 N–H and O–H groups in total. The average molecular weight is 583 g/mol. The molecule has 0 spiro atoms. The molecule has 0 atom stereocenters. The molecule has 1 heterocycles. The summed E-state index contributed by atoms with van der Waals surface area (Å²) in [6, 6.07) is 0. The van der Waals surface area contributed by atoms with Crippen molar-refractivity contribution in [3.63, 3.8) is 0 Å². The monoisotopic (exact) mass is 583 g/mol. The average Bonchev–Trinajstić information content (AvgIpc) is 3.13. The van der Waals surface area contributed by atoms with Crippen molar-refractivity contribution >= 4 is 46.0 Å². The SMILES string of the molecule is COCCOCCCCC(=O)CCN1C(=O)C=CC1=O.COCCOCCCCC(=O)CI. The number of alkyl halides is 1. The van der Waals surface area contributed by atoms with Crippen molar-refractivity contribution in [3.8, 4) is 0 Å². The second-order valence-corrected chi connectivity index (χ2v) is 8.01. The summed E-state index contributed by atoms with van der Waals surface area (Å²) >= 11 is 2.10. The molecule has 1 aliphatic rings. The summed E-state index contributed by atoms with van der Waals surface area (Å²) in [4.78, 5) is 46.1. The fraction of sp³-hybridized carbons (Fsp3) is 0.739. The largest absolute Gasteiger partial charge is 0.382 e. The number of carbonyl (C=O) groups excluding carboxylic acids is 4. The Labute approximate surface area is 210 Å². The molecule has 33 heavy (non-hydrogen) atoms. The summed E-state index contributed by atoms with van der Waals surface area (Å²) in [5.74, 6) is -0.282. The number of carbonyl (C=O) groups is 4. The third kappa shape index (κ3) is 18.9. The fourth-order valence-electron chi connectivity index (χ4n) is 2.62. The molecule has 0 aliphatic carbocycles. The summed E-state index contributed by atoms with van der Waals surface area (Å²) in [5.41, 5.74) is 0. The maximum atomic E-state index is 11.6. The van der Waals surface area contributed by atoms with E-state index < -0.39 is 0 Å². The van der Waals surface area contributed by atoms with E-state index in [0.717, 1.165) is 37.2 Å². The lowest BCUT2D eigenvalue weighted by atomic mass is 10.1. The molecule has 0 bridgehead atoms. The number of amides is 2. The summed E-state index contributed by atoms with van der Waals surface area (Å²) in [6.45, 7) is 3.96. The molecule has 0 aromatic rings. The van der Waals surface area contributed by atoms with Gasteiger partial charge in [-0.3, -0.25) is 24.1 Å². The van der Waals surface area contributed by atoms with Crippen molar-refractivity contribution < 1.29 is 38.1 Å². The van der Waals surface area contributed by atoms with Gasteiger partial charge in [0.05, 0.1) is 30.9 Å². The minimum atomic E-state index is -0.339. The molecule has 0 unspecified atom stereocenters. The lowest BCUT2D eigenvalue weighted by Gasteiger charge is -2.12. The summed E-state index contributed by atoms with van der Waals surface area (Å²) in [5, 5.41) is 0. The van der Waals surface area contributed by atoms with Crippen molar-refractivity contribution in [3.05, 3.63) is 12.2 Å².